The number of thiophene rings is 1. The maximum absolute atomic E-state index is 6.16. The molecule has 0 amide bonds. The highest BCUT2D eigenvalue weighted by atomic mass is 79.9. The van der Waals surface area contributed by atoms with E-state index in [9.17, 15) is 0 Å². The quantitative estimate of drug-likeness (QED) is 0.547. The van der Waals surface area contributed by atoms with Crippen molar-refractivity contribution in [3.05, 3.63) is 56.6 Å². The van der Waals surface area contributed by atoms with Crippen molar-refractivity contribution in [3.63, 3.8) is 0 Å². The van der Waals surface area contributed by atoms with E-state index in [1.54, 1.807) is 6.20 Å². The summed E-state index contributed by atoms with van der Waals surface area (Å²) in [4.78, 5) is 5.48. The van der Waals surface area contributed by atoms with Crippen LogP contribution in [0.5, 0.6) is 0 Å². The van der Waals surface area contributed by atoms with Gasteiger partial charge in [-0.05, 0) is 52.9 Å². The fraction of sp³-hybridized carbons (Fsp3) is 0.188. The second kappa shape index (κ2) is 5.95. The minimum Gasteiger partial charge on any atom is -0.375 e. The van der Waals surface area contributed by atoms with Crippen LogP contribution in [0.25, 0.3) is 10.1 Å². The fourth-order valence-corrected chi connectivity index (χ4v) is 4.13. The van der Waals surface area contributed by atoms with Crippen molar-refractivity contribution in [1.29, 1.82) is 0 Å². The first-order chi connectivity index (χ1) is 10.1. The largest absolute Gasteiger partial charge is 0.375 e. The van der Waals surface area contributed by atoms with E-state index in [4.69, 9.17) is 11.6 Å². The third-order valence-corrected chi connectivity index (χ3v) is 5.64. The summed E-state index contributed by atoms with van der Waals surface area (Å²) in [5.41, 5.74) is 2.17. The second-order valence-electron chi connectivity index (χ2n) is 4.95. The third kappa shape index (κ3) is 2.93. The molecule has 108 valence electrons. The lowest BCUT2D eigenvalue weighted by Crippen LogP contribution is -2.07. The molecule has 0 saturated heterocycles. The molecule has 3 rings (SSSR count). The molecule has 1 atom stereocenters. The molecular weight excluding hydrogens is 368 g/mol. The van der Waals surface area contributed by atoms with Crippen LogP contribution in [0.3, 0.4) is 0 Å². The number of nitrogens with one attached hydrogen (secondary N) is 1. The Morgan fingerprint density at radius 1 is 1.33 bits per heavy atom. The minimum atomic E-state index is 0.177. The minimum absolute atomic E-state index is 0.177. The first kappa shape index (κ1) is 14.8. The summed E-state index contributed by atoms with van der Waals surface area (Å²) in [6.45, 7) is 4.32. The molecule has 21 heavy (non-hydrogen) atoms. The summed E-state index contributed by atoms with van der Waals surface area (Å²) in [5.74, 6) is 0. The molecule has 1 unspecified atom stereocenters. The molecule has 0 saturated carbocycles. The molecule has 0 aliphatic heterocycles. The zero-order valence-corrected chi connectivity index (χ0v) is 14.8. The number of halogens is 2. The number of hydrogen-bond acceptors (Lipinski definition) is 3. The van der Waals surface area contributed by atoms with Crippen LogP contribution in [0.2, 0.25) is 5.15 Å². The van der Waals surface area contributed by atoms with Crippen molar-refractivity contribution in [2.45, 2.75) is 19.9 Å². The predicted molar refractivity (Wildman–Crippen MR) is 95.5 cm³/mol. The monoisotopic (exact) mass is 380 g/mol. The van der Waals surface area contributed by atoms with Gasteiger partial charge < -0.3 is 5.32 Å². The Morgan fingerprint density at radius 2 is 2.10 bits per heavy atom. The van der Waals surface area contributed by atoms with E-state index >= 15 is 0 Å². The fourth-order valence-electron chi connectivity index (χ4n) is 2.43. The Hall–Kier alpha value is -1.10. The zero-order valence-electron chi connectivity index (χ0n) is 11.7. The number of pyridine rings is 1. The van der Waals surface area contributed by atoms with Gasteiger partial charge in [0.2, 0.25) is 0 Å². The summed E-state index contributed by atoms with van der Waals surface area (Å²) in [7, 11) is 0. The van der Waals surface area contributed by atoms with Gasteiger partial charge in [-0.25, -0.2) is 4.98 Å². The van der Waals surface area contributed by atoms with E-state index in [-0.39, 0.29) is 6.04 Å². The van der Waals surface area contributed by atoms with Crippen molar-refractivity contribution in [2.24, 2.45) is 0 Å². The molecule has 0 fully saturated rings. The molecule has 0 radical (unpaired) electrons. The molecule has 2 aromatic heterocycles. The summed E-state index contributed by atoms with van der Waals surface area (Å²) in [6, 6.07) is 10.6. The summed E-state index contributed by atoms with van der Waals surface area (Å²) in [6.07, 6.45) is 1.70. The number of aromatic nitrogens is 1. The molecule has 0 bridgehead atoms. The molecule has 0 aliphatic rings. The molecule has 0 aliphatic carbocycles. The maximum atomic E-state index is 6.16. The van der Waals surface area contributed by atoms with Crippen molar-refractivity contribution < 1.29 is 0 Å². The molecule has 1 aromatic carbocycles. The first-order valence-corrected chi connectivity index (χ1v) is 8.60. The van der Waals surface area contributed by atoms with Crippen LogP contribution in [0.15, 0.2) is 41.0 Å². The zero-order chi connectivity index (χ0) is 15.0. The van der Waals surface area contributed by atoms with Gasteiger partial charge in [0, 0.05) is 20.2 Å². The molecular formula is C16H14BrClN2S. The second-order valence-corrected chi connectivity index (χ2v) is 7.30. The molecule has 0 spiro atoms. The molecule has 2 heterocycles. The Bertz CT molecular complexity index is 800. The van der Waals surface area contributed by atoms with Crippen molar-refractivity contribution in [2.75, 3.05) is 5.32 Å². The van der Waals surface area contributed by atoms with Gasteiger partial charge in [0.05, 0.1) is 11.7 Å². The number of hydrogen-bond donors (Lipinski definition) is 1. The Morgan fingerprint density at radius 3 is 2.86 bits per heavy atom. The summed E-state index contributed by atoms with van der Waals surface area (Å²) >= 11 is 11.4. The summed E-state index contributed by atoms with van der Waals surface area (Å²) in [5, 5.41) is 5.27. The number of anilines is 1. The van der Waals surface area contributed by atoms with Gasteiger partial charge in [0.1, 0.15) is 0 Å². The average Bonchev–Trinajstić information content (AvgIpc) is 2.81. The van der Waals surface area contributed by atoms with Crippen molar-refractivity contribution in [3.8, 4) is 0 Å². The van der Waals surface area contributed by atoms with Crippen LogP contribution in [-0.2, 0) is 0 Å². The standard InChI is InChI=1S/C16H14BrClN2S/c1-9-12-5-3-4-6-14(12)21-15(9)10(2)20-13-7-11(17)8-19-16(13)18/h3-8,10,20H,1-2H3. The number of fused-ring (bicyclic) bond motifs is 1. The molecule has 3 aromatic rings. The SMILES string of the molecule is Cc1c(C(C)Nc2cc(Br)cnc2Cl)sc2ccccc12. The molecule has 2 nitrogen and oxygen atoms in total. The topological polar surface area (TPSA) is 24.9 Å². The lowest BCUT2D eigenvalue weighted by Gasteiger charge is -2.16. The smallest absolute Gasteiger partial charge is 0.152 e. The van der Waals surface area contributed by atoms with Crippen LogP contribution in [0, 0.1) is 6.92 Å². The Balaban J connectivity index is 1.95. The predicted octanol–water partition coefficient (Wildman–Crippen LogP) is 6.19. The van der Waals surface area contributed by atoms with Gasteiger partial charge in [0.25, 0.3) is 0 Å². The number of aryl methyl sites for hydroxylation is 1. The van der Waals surface area contributed by atoms with Crippen LogP contribution >= 0.6 is 38.9 Å². The van der Waals surface area contributed by atoms with Crippen LogP contribution in [0.4, 0.5) is 5.69 Å². The highest BCUT2D eigenvalue weighted by Crippen LogP contribution is 2.36. The van der Waals surface area contributed by atoms with E-state index < -0.39 is 0 Å². The number of rotatable bonds is 3. The van der Waals surface area contributed by atoms with Crippen LogP contribution in [-0.4, -0.2) is 4.98 Å². The lowest BCUT2D eigenvalue weighted by atomic mass is 10.1. The van der Waals surface area contributed by atoms with E-state index in [0.29, 0.717) is 5.15 Å². The van der Waals surface area contributed by atoms with Gasteiger partial charge >= 0.3 is 0 Å². The van der Waals surface area contributed by atoms with Crippen molar-refractivity contribution >= 4 is 54.6 Å². The molecule has 1 N–H and O–H groups in total. The Labute approximate surface area is 141 Å². The highest BCUT2D eigenvalue weighted by Gasteiger charge is 2.15. The van der Waals surface area contributed by atoms with Gasteiger partial charge in [-0.15, -0.1) is 11.3 Å². The third-order valence-electron chi connectivity index (χ3n) is 3.45. The van der Waals surface area contributed by atoms with E-state index in [1.165, 1.54) is 20.5 Å². The normalized spacial score (nSPS) is 12.6. The average molecular weight is 382 g/mol. The van der Waals surface area contributed by atoms with E-state index in [2.05, 4.69) is 64.3 Å². The van der Waals surface area contributed by atoms with Gasteiger partial charge in [0.15, 0.2) is 5.15 Å². The van der Waals surface area contributed by atoms with Gasteiger partial charge in [-0.3, -0.25) is 0 Å². The maximum Gasteiger partial charge on any atom is 0.152 e. The summed E-state index contributed by atoms with van der Waals surface area (Å²) < 4.78 is 2.23. The lowest BCUT2D eigenvalue weighted by molar-refractivity contribution is 0.898. The first-order valence-electron chi connectivity index (χ1n) is 6.62. The van der Waals surface area contributed by atoms with Crippen molar-refractivity contribution in [1.82, 2.24) is 4.98 Å². The van der Waals surface area contributed by atoms with E-state index in [1.807, 2.05) is 17.4 Å². The number of benzene rings is 1. The van der Waals surface area contributed by atoms with Gasteiger partial charge in [-0.2, -0.15) is 0 Å². The highest BCUT2D eigenvalue weighted by molar-refractivity contribution is 9.10. The van der Waals surface area contributed by atoms with E-state index in [0.717, 1.165) is 10.2 Å². The number of nitrogens with zero attached hydrogens (tertiary/aromatic N) is 1. The van der Waals surface area contributed by atoms with Crippen LogP contribution in [0.1, 0.15) is 23.4 Å². The van der Waals surface area contributed by atoms with Crippen LogP contribution < -0.4 is 5.32 Å². The molecule has 5 heteroatoms. The van der Waals surface area contributed by atoms with Gasteiger partial charge in [-0.1, -0.05) is 29.8 Å². The Kier molecular flexibility index (Phi) is 4.20.